The predicted molar refractivity (Wildman–Crippen MR) is 116 cm³/mol. The lowest BCUT2D eigenvalue weighted by atomic mass is 10.0. The molecule has 6 heteroatoms. The second kappa shape index (κ2) is 7.04. The summed E-state index contributed by atoms with van der Waals surface area (Å²) in [5, 5.41) is 8.46. The van der Waals surface area contributed by atoms with Crippen LogP contribution >= 0.6 is 11.3 Å². The van der Waals surface area contributed by atoms with Crippen molar-refractivity contribution in [1.29, 1.82) is 0 Å². The first-order valence-electron chi connectivity index (χ1n) is 9.65. The highest BCUT2D eigenvalue weighted by Gasteiger charge is 2.15. The molecular weight excluding hydrogens is 382 g/mol. The highest BCUT2D eigenvalue weighted by molar-refractivity contribution is 7.20. The van der Waals surface area contributed by atoms with Crippen molar-refractivity contribution in [2.75, 3.05) is 6.61 Å². The first-order valence-corrected chi connectivity index (χ1v) is 10.5. The minimum absolute atomic E-state index is 0.0479. The van der Waals surface area contributed by atoms with Gasteiger partial charge in [0, 0.05) is 25.4 Å². The first kappa shape index (κ1) is 17.9. The molecule has 1 aliphatic rings. The number of amides is 1. The van der Waals surface area contributed by atoms with Crippen LogP contribution in [0.3, 0.4) is 0 Å². The molecule has 29 heavy (non-hydrogen) atoms. The standard InChI is InChI=1S/C23H21N3O2S/c1-14-19-12-21(29-23(19)26(2)25-14)22(27)24-13-15-3-5-16(6-4-15)17-7-8-20-18(11-17)9-10-28-20/h3-8,11-12H,9-10,13H2,1-2H3,(H,24,27). The zero-order valence-electron chi connectivity index (χ0n) is 16.4. The SMILES string of the molecule is Cc1nn(C)c2sc(C(=O)NCc3ccc(-c4ccc5c(c4)CCO5)cc3)cc12. The Morgan fingerprint density at radius 2 is 1.97 bits per heavy atom. The zero-order valence-corrected chi connectivity index (χ0v) is 17.2. The van der Waals surface area contributed by atoms with Crippen LogP contribution in [-0.2, 0) is 20.0 Å². The number of ether oxygens (including phenoxy) is 1. The lowest BCUT2D eigenvalue weighted by molar-refractivity contribution is 0.0955. The average Bonchev–Trinajstić information content (AvgIpc) is 3.44. The van der Waals surface area contributed by atoms with Crippen molar-refractivity contribution in [2.45, 2.75) is 19.9 Å². The van der Waals surface area contributed by atoms with E-state index in [1.165, 1.54) is 28.0 Å². The second-order valence-corrected chi connectivity index (χ2v) is 8.37. The van der Waals surface area contributed by atoms with Crippen LogP contribution < -0.4 is 10.1 Å². The van der Waals surface area contributed by atoms with Crippen LogP contribution in [0, 0.1) is 6.92 Å². The van der Waals surface area contributed by atoms with Gasteiger partial charge in [0.05, 0.1) is 17.2 Å². The van der Waals surface area contributed by atoms with E-state index >= 15 is 0 Å². The normalized spacial score (nSPS) is 12.8. The van der Waals surface area contributed by atoms with Gasteiger partial charge in [-0.3, -0.25) is 9.48 Å². The molecular formula is C23H21N3O2S. The summed E-state index contributed by atoms with van der Waals surface area (Å²) in [6, 6.07) is 16.6. The van der Waals surface area contributed by atoms with E-state index in [-0.39, 0.29) is 5.91 Å². The fourth-order valence-corrected chi connectivity index (χ4v) is 4.81. The minimum atomic E-state index is -0.0479. The van der Waals surface area contributed by atoms with Gasteiger partial charge in [0.1, 0.15) is 10.6 Å². The molecule has 4 aromatic rings. The molecule has 2 aromatic carbocycles. The molecule has 0 fully saturated rings. The summed E-state index contributed by atoms with van der Waals surface area (Å²) in [6.45, 7) is 3.24. The third-order valence-electron chi connectivity index (χ3n) is 5.35. The Morgan fingerprint density at radius 1 is 1.17 bits per heavy atom. The molecule has 1 N–H and O–H groups in total. The summed E-state index contributed by atoms with van der Waals surface area (Å²) >= 11 is 1.48. The highest BCUT2D eigenvalue weighted by atomic mass is 32.1. The fraction of sp³-hybridized carbons (Fsp3) is 0.217. The lowest BCUT2D eigenvalue weighted by Crippen LogP contribution is -2.21. The minimum Gasteiger partial charge on any atom is -0.493 e. The number of aryl methyl sites for hydroxylation is 2. The van der Waals surface area contributed by atoms with Gasteiger partial charge in [0.15, 0.2) is 0 Å². The van der Waals surface area contributed by atoms with E-state index in [1.54, 1.807) is 0 Å². The van der Waals surface area contributed by atoms with Gasteiger partial charge in [-0.05, 0) is 47.4 Å². The third kappa shape index (κ3) is 3.29. The molecule has 0 atom stereocenters. The van der Waals surface area contributed by atoms with E-state index in [4.69, 9.17) is 4.74 Å². The number of thiophene rings is 1. The second-order valence-electron chi connectivity index (χ2n) is 7.34. The largest absolute Gasteiger partial charge is 0.493 e. The van der Waals surface area contributed by atoms with Gasteiger partial charge in [0.25, 0.3) is 5.91 Å². The highest BCUT2D eigenvalue weighted by Crippen LogP contribution is 2.31. The number of fused-ring (bicyclic) bond motifs is 2. The summed E-state index contributed by atoms with van der Waals surface area (Å²) < 4.78 is 7.41. The quantitative estimate of drug-likeness (QED) is 0.547. The molecule has 0 radical (unpaired) electrons. The van der Waals surface area contributed by atoms with Gasteiger partial charge in [0.2, 0.25) is 0 Å². The topological polar surface area (TPSA) is 56.2 Å². The third-order valence-corrected chi connectivity index (χ3v) is 6.55. The molecule has 5 nitrogen and oxygen atoms in total. The average molecular weight is 404 g/mol. The van der Waals surface area contributed by atoms with Crippen LogP contribution in [0.1, 0.15) is 26.5 Å². The van der Waals surface area contributed by atoms with Crippen molar-refractivity contribution >= 4 is 27.5 Å². The Kier molecular flexibility index (Phi) is 4.36. The summed E-state index contributed by atoms with van der Waals surface area (Å²) in [6.07, 6.45) is 0.973. The number of hydrogen-bond donors (Lipinski definition) is 1. The molecule has 146 valence electrons. The Morgan fingerprint density at radius 3 is 2.76 bits per heavy atom. The van der Waals surface area contributed by atoms with Crippen LogP contribution in [0.15, 0.2) is 48.5 Å². The molecule has 2 aromatic heterocycles. The fourth-order valence-electron chi connectivity index (χ4n) is 3.77. The zero-order chi connectivity index (χ0) is 20.0. The van der Waals surface area contributed by atoms with Crippen molar-refractivity contribution < 1.29 is 9.53 Å². The van der Waals surface area contributed by atoms with Gasteiger partial charge >= 0.3 is 0 Å². The van der Waals surface area contributed by atoms with Crippen molar-refractivity contribution in [3.63, 3.8) is 0 Å². The lowest BCUT2D eigenvalue weighted by Gasteiger charge is -2.07. The molecule has 0 saturated carbocycles. The van der Waals surface area contributed by atoms with Gasteiger partial charge in [-0.1, -0.05) is 30.3 Å². The number of aromatic nitrogens is 2. The van der Waals surface area contributed by atoms with E-state index in [1.807, 2.05) is 30.8 Å². The maximum absolute atomic E-state index is 12.6. The molecule has 5 rings (SSSR count). The van der Waals surface area contributed by atoms with E-state index in [0.717, 1.165) is 40.3 Å². The molecule has 0 bridgehead atoms. The van der Waals surface area contributed by atoms with Gasteiger partial charge in [-0.25, -0.2) is 0 Å². The number of carbonyl (C=O) groups excluding carboxylic acids is 1. The number of benzene rings is 2. The summed E-state index contributed by atoms with van der Waals surface area (Å²) in [7, 11) is 1.91. The van der Waals surface area contributed by atoms with Gasteiger partial charge in [-0.2, -0.15) is 5.10 Å². The van der Waals surface area contributed by atoms with Crippen molar-refractivity contribution in [1.82, 2.24) is 15.1 Å². The number of nitrogens with one attached hydrogen (secondary N) is 1. The molecule has 1 amide bonds. The number of rotatable bonds is 4. The maximum atomic E-state index is 12.6. The number of carbonyl (C=O) groups is 1. The smallest absolute Gasteiger partial charge is 0.261 e. The Labute approximate surface area is 172 Å². The Hall–Kier alpha value is -3.12. The maximum Gasteiger partial charge on any atom is 0.261 e. The molecule has 0 saturated heterocycles. The Bertz CT molecular complexity index is 1190. The summed E-state index contributed by atoms with van der Waals surface area (Å²) in [4.78, 5) is 14.3. The van der Waals surface area contributed by atoms with Gasteiger partial charge < -0.3 is 10.1 Å². The summed E-state index contributed by atoms with van der Waals surface area (Å²) in [5.74, 6) is 0.952. The van der Waals surface area contributed by atoms with Crippen molar-refractivity contribution in [3.8, 4) is 16.9 Å². The predicted octanol–water partition coefficient (Wildman–Crippen LogP) is 4.48. The number of nitrogens with zero attached hydrogens (tertiary/aromatic N) is 2. The first-order chi connectivity index (χ1) is 14.1. The number of hydrogen-bond acceptors (Lipinski definition) is 4. The molecule has 0 unspecified atom stereocenters. The van der Waals surface area contributed by atoms with Crippen LogP contribution in [-0.4, -0.2) is 22.3 Å². The van der Waals surface area contributed by atoms with E-state index in [2.05, 4.69) is 46.8 Å². The van der Waals surface area contributed by atoms with E-state index in [0.29, 0.717) is 11.4 Å². The van der Waals surface area contributed by atoms with Crippen LogP contribution in [0.5, 0.6) is 5.75 Å². The Balaban J connectivity index is 1.27. The molecule has 3 heterocycles. The molecule has 0 spiro atoms. The van der Waals surface area contributed by atoms with Crippen molar-refractivity contribution in [2.24, 2.45) is 7.05 Å². The van der Waals surface area contributed by atoms with Crippen LogP contribution in [0.4, 0.5) is 0 Å². The van der Waals surface area contributed by atoms with E-state index < -0.39 is 0 Å². The molecule has 0 aliphatic carbocycles. The summed E-state index contributed by atoms with van der Waals surface area (Å²) in [5.41, 5.74) is 5.66. The van der Waals surface area contributed by atoms with Crippen molar-refractivity contribution in [3.05, 3.63) is 70.2 Å². The van der Waals surface area contributed by atoms with E-state index in [9.17, 15) is 4.79 Å². The van der Waals surface area contributed by atoms with Crippen LogP contribution in [0.25, 0.3) is 21.3 Å². The van der Waals surface area contributed by atoms with Gasteiger partial charge in [-0.15, -0.1) is 11.3 Å². The van der Waals surface area contributed by atoms with Crippen LogP contribution in [0.2, 0.25) is 0 Å². The monoisotopic (exact) mass is 403 g/mol. The molecule has 1 aliphatic heterocycles.